The Morgan fingerprint density at radius 1 is 1.03 bits per heavy atom. The van der Waals surface area contributed by atoms with E-state index in [-0.39, 0.29) is 23.6 Å². The first kappa shape index (κ1) is 23.3. The molecule has 0 aliphatic carbocycles. The third kappa shape index (κ3) is 7.14. The third-order valence-corrected chi connectivity index (χ3v) is 5.61. The van der Waals surface area contributed by atoms with E-state index in [0.29, 0.717) is 16.4 Å². The summed E-state index contributed by atoms with van der Waals surface area (Å²) in [6.45, 7) is 1.34. The van der Waals surface area contributed by atoms with Crippen LogP contribution in [0.4, 0.5) is 11.4 Å². The molecule has 1 atom stereocenters. The van der Waals surface area contributed by atoms with Crippen LogP contribution in [0.3, 0.4) is 0 Å². The first-order valence-corrected chi connectivity index (χ1v) is 10.7. The summed E-state index contributed by atoms with van der Waals surface area (Å²) in [4.78, 5) is 35.0. The molecular formula is C19H21ClN4O5S. The third-order valence-electron chi connectivity index (χ3n) is 3.87. The molecule has 2 aromatic carbocycles. The predicted octanol–water partition coefficient (Wildman–Crippen LogP) is 1.85. The first-order chi connectivity index (χ1) is 14.1. The second-order valence-electron chi connectivity index (χ2n) is 6.38. The van der Waals surface area contributed by atoms with E-state index in [1.54, 1.807) is 18.2 Å². The van der Waals surface area contributed by atoms with Gasteiger partial charge in [0.15, 0.2) is 0 Å². The van der Waals surface area contributed by atoms with Crippen molar-refractivity contribution in [1.29, 1.82) is 0 Å². The summed E-state index contributed by atoms with van der Waals surface area (Å²) in [5.41, 5.74) is 5.94. The molecule has 0 saturated heterocycles. The lowest BCUT2D eigenvalue weighted by molar-refractivity contribution is -0.119. The van der Waals surface area contributed by atoms with Crippen LogP contribution in [-0.2, 0) is 24.4 Å². The zero-order chi connectivity index (χ0) is 22.3. The molecule has 0 fully saturated rings. The van der Waals surface area contributed by atoms with Crippen molar-refractivity contribution in [3.8, 4) is 0 Å². The Kier molecular flexibility index (Phi) is 7.93. The minimum atomic E-state index is -4.06. The smallest absolute Gasteiger partial charge is 0.242 e. The van der Waals surface area contributed by atoms with Gasteiger partial charge < -0.3 is 16.4 Å². The van der Waals surface area contributed by atoms with Crippen LogP contribution in [0.1, 0.15) is 19.8 Å². The van der Waals surface area contributed by atoms with E-state index in [1.807, 2.05) is 0 Å². The minimum absolute atomic E-state index is 0.0866. The highest BCUT2D eigenvalue weighted by Crippen LogP contribution is 2.18. The van der Waals surface area contributed by atoms with Crippen molar-refractivity contribution in [2.45, 2.75) is 30.7 Å². The number of hydrogen-bond acceptors (Lipinski definition) is 5. The average Bonchev–Trinajstić information content (AvgIpc) is 2.65. The lowest BCUT2D eigenvalue weighted by Gasteiger charge is -2.18. The largest absolute Gasteiger partial charge is 0.370 e. The highest BCUT2D eigenvalue weighted by Gasteiger charge is 2.26. The number of benzene rings is 2. The molecule has 0 unspecified atom stereocenters. The van der Waals surface area contributed by atoms with Crippen molar-refractivity contribution in [3.63, 3.8) is 0 Å². The number of nitrogens with two attached hydrogens (primary N) is 1. The van der Waals surface area contributed by atoms with Crippen LogP contribution in [0.25, 0.3) is 0 Å². The van der Waals surface area contributed by atoms with Gasteiger partial charge in [-0.25, -0.2) is 8.42 Å². The van der Waals surface area contributed by atoms with E-state index in [2.05, 4.69) is 15.4 Å². The monoisotopic (exact) mass is 452 g/mol. The molecule has 0 heterocycles. The quantitative estimate of drug-likeness (QED) is 0.458. The van der Waals surface area contributed by atoms with E-state index in [1.165, 1.54) is 37.3 Å². The van der Waals surface area contributed by atoms with Gasteiger partial charge in [0.2, 0.25) is 27.7 Å². The van der Waals surface area contributed by atoms with Crippen LogP contribution in [-0.4, -0.2) is 32.2 Å². The number of rotatable bonds is 9. The molecule has 0 bridgehead atoms. The average molecular weight is 453 g/mol. The number of carbonyl (C=O) groups excluding carboxylic acids is 3. The molecular weight excluding hydrogens is 432 g/mol. The number of amides is 3. The lowest BCUT2D eigenvalue weighted by Crippen LogP contribution is -2.44. The van der Waals surface area contributed by atoms with Gasteiger partial charge in [-0.2, -0.15) is 4.72 Å². The molecule has 0 aliphatic rings. The van der Waals surface area contributed by atoms with Gasteiger partial charge in [-0.1, -0.05) is 17.7 Å². The van der Waals surface area contributed by atoms with Crippen molar-refractivity contribution in [2.75, 3.05) is 10.6 Å². The molecule has 0 aliphatic heterocycles. The molecule has 2 rings (SSSR count). The van der Waals surface area contributed by atoms with Gasteiger partial charge in [0.25, 0.3) is 0 Å². The predicted molar refractivity (Wildman–Crippen MR) is 113 cm³/mol. The number of halogens is 1. The molecule has 11 heteroatoms. The molecule has 5 N–H and O–H groups in total. The van der Waals surface area contributed by atoms with Crippen LogP contribution < -0.4 is 21.1 Å². The van der Waals surface area contributed by atoms with Crippen LogP contribution in [0.5, 0.6) is 0 Å². The molecule has 9 nitrogen and oxygen atoms in total. The Labute approximate surface area is 179 Å². The van der Waals surface area contributed by atoms with Crippen molar-refractivity contribution in [3.05, 3.63) is 53.6 Å². The normalized spacial score (nSPS) is 12.1. The number of sulfonamides is 1. The Balaban J connectivity index is 2.21. The molecule has 0 aromatic heterocycles. The van der Waals surface area contributed by atoms with Crippen LogP contribution in [0.2, 0.25) is 5.02 Å². The molecule has 3 amide bonds. The standard InChI is InChI=1S/C19H21ClN4O5S/c1-12(25)22-14-3-2-4-15(11-14)23-19(27)17(9-10-18(21)26)24-30(28,29)16-7-5-13(20)6-8-16/h2-8,11,17,24H,9-10H2,1H3,(H2,21,26)(H,22,25)(H,23,27)/t17-/m1/s1. The van der Waals surface area contributed by atoms with Gasteiger partial charge in [-0.05, 0) is 48.9 Å². The molecule has 0 radical (unpaired) electrons. The SMILES string of the molecule is CC(=O)Nc1cccc(NC(=O)[C@@H](CCC(N)=O)NS(=O)(=O)c2ccc(Cl)cc2)c1. The van der Waals surface area contributed by atoms with Gasteiger partial charge in [-0.3, -0.25) is 14.4 Å². The fourth-order valence-corrected chi connectivity index (χ4v) is 3.86. The van der Waals surface area contributed by atoms with E-state index < -0.39 is 27.9 Å². The van der Waals surface area contributed by atoms with Gasteiger partial charge >= 0.3 is 0 Å². The van der Waals surface area contributed by atoms with Crippen LogP contribution >= 0.6 is 11.6 Å². The molecule has 2 aromatic rings. The summed E-state index contributed by atoms with van der Waals surface area (Å²) in [6, 6.07) is 10.5. The maximum atomic E-state index is 12.7. The highest BCUT2D eigenvalue weighted by atomic mass is 35.5. The number of primary amides is 1. The Morgan fingerprint density at radius 3 is 2.20 bits per heavy atom. The van der Waals surface area contributed by atoms with Crippen molar-refractivity contribution >= 4 is 50.7 Å². The number of anilines is 2. The van der Waals surface area contributed by atoms with Gasteiger partial charge in [0.1, 0.15) is 6.04 Å². The summed E-state index contributed by atoms with van der Waals surface area (Å²) in [5.74, 6) is -1.64. The van der Waals surface area contributed by atoms with Gasteiger partial charge in [-0.15, -0.1) is 0 Å². The summed E-state index contributed by atoms with van der Waals surface area (Å²) < 4.78 is 27.6. The number of carbonyl (C=O) groups is 3. The van der Waals surface area contributed by atoms with Crippen LogP contribution in [0, 0.1) is 0 Å². The zero-order valence-electron chi connectivity index (χ0n) is 16.0. The summed E-state index contributed by atoms with van der Waals surface area (Å²) in [6.07, 6.45) is -0.341. The second kappa shape index (κ2) is 10.2. The fraction of sp³-hybridized carbons (Fsp3) is 0.211. The van der Waals surface area contributed by atoms with Gasteiger partial charge in [0, 0.05) is 29.7 Å². The second-order valence-corrected chi connectivity index (χ2v) is 8.53. The summed E-state index contributed by atoms with van der Waals surface area (Å²) in [7, 11) is -4.06. The maximum absolute atomic E-state index is 12.7. The number of hydrogen-bond donors (Lipinski definition) is 4. The van der Waals surface area contributed by atoms with E-state index in [9.17, 15) is 22.8 Å². The van der Waals surface area contributed by atoms with Crippen molar-refractivity contribution in [1.82, 2.24) is 4.72 Å². The Hall–Kier alpha value is -2.95. The summed E-state index contributed by atoms with van der Waals surface area (Å²) in [5, 5.41) is 5.51. The van der Waals surface area contributed by atoms with E-state index in [0.717, 1.165) is 0 Å². The van der Waals surface area contributed by atoms with Crippen LogP contribution in [0.15, 0.2) is 53.4 Å². The molecule has 160 valence electrons. The van der Waals surface area contributed by atoms with Gasteiger partial charge in [0.05, 0.1) is 4.90 Å². The highest BCUT2D eigenvalue weighted by molar-refractivity contribution is 7.89. The molecule has 0 saturated carbocycles. The summed E-state index contributed by atoms with van der Waals surface area (Å²) >= 11 is 5.78. The van der Waals surface area contributed by atoms with Crippen molar-refractivity contribution < 1.29 is 22.8 Å². The maximum Gasteiger partial charge on any atom is 0.242 e. The fourth-order valence-electron chi connectivity index (χ4n) is 2.51. The minimum Gasteiger partial charge on any atom is -0.370 e. The van der Waals surface area contributed by atoms with E-state index in [4.69, 9.17) is 17.3 Å². The lowest BCUT2D eigenvalue weighted by atomic mass is 10.1. The zero-order valence-corrected chi connectivity index (χ0v) is 17.6. The topological polar surface area (TPSA) is 147 Å². The van der Waals surface area contributed by atoms with Crippen molar-refractivity contribution in [2.24, 2.45) is 5.73 Å². The molecule has 30 heavy (non-hydrogen) atoms. The molecule has 0 spiro atoms. The number of nitrogens with one attached hydrogen (secondary N) is 3. The van der Waals surface area contributed by atoms with E-state index >= 15 is 0 Å². The first-order valence-electron chi connectivity index (χ1n) is 8.81. The Morgan fingerprint density at radius 2 is 1.63 bits per heavy atom. The Bertz CT molecular complexity index is 1040.